The summed E-state index contributed by atoms with van der Waals surface area (Å²) >= 11 is 11.7. The monoisotopic (exact) mass is 546 g/mol. The topological polar surface area (TPSA) is 84.5 Å². The molecule has 12 heteroatoms. The first-order chi connectivity index (χ1) is 16.4. The second-order valence-electron chi connectivity index (χ2n) is 7.34. The van der Waals surface area contributed by atoms with Gasteiger partial charge in [-0.3, -0.25) is 4.79 Å². The van der Waals surface area contributed by atoms with Gasteiger partial charge in [-0.05, 0) is 48.4 Å². The number of halogens is 5. The van der Waals surface area contributed by atoms with E-state index < -0.39 is 39.4 Å². The summed E-state index contributed by atoms with van der Waals surface area (Å²) in [5, 5.41) is 2.03. The van der Waals surface area contributed by atoms with Crippen LogP contribution >= 0.6 is 23.2 Å². The van der Waals surface area contributed by atoms with Crippen molar-refractivity contribution in [2.75, 3.05) is 12.4 Å². The molecule has 0 aliphatic heterocycles. The van der Waals surface area contributed by atoms with Gasteiger partial charge in [-0.1, -0.05) is 53.5 Å². The van der Waals surface area contributed by atoms with Crippen LogP contribution in [0.1, 0.15) is 11.1 Å². The van der Waals surface area contributed by atoms with Crippen molar-refractivity contribution in [1.29, 1.82) is 0 Å². The normalized spacial score (nSPS) is 12.7. The number of amides is 1. The summed E-state index contributed by atoms with van der Waals surface area (Å²) in [6.45, 7) is 0. The molecule has 0 spiro atoms. The molecule has 2 N–H and O–H groups in total. The van der Waals surface area contributed by atoms with Gasteiger partial charge in [0.25, 0.3) is 0 Å². The van der Waals surface area contributed by atoms with Gasteiger partial charge in [-0.2, -0.15) is 17.9 Å². The minimum atomic E-state index is -4.80. The van der Waals surface area contributed by atoms with Crippen molar-refractivity contribution >= 4 is 44.8 Å². The van der Waals surface area contributed by atoms with E-state index in [1.807, 2.05) is 0 Å². The number of anilines is 1. The number of alkyl halides is 3. The summed E-state index contributed by atoms with van der Waals surface area (Å²) in [7, 11) is -2.94. The molecule has 186 valence electrons. The summed E-state index contributed by atoms with van der Waals surface area (Å²) in [5.41, 5.74) is -1.14. The highest BCUT2D eigenvalue weighted by Gasteiger charge is 2.35. The molecular weight excluding hydrogens is 528 g/mol. The van der Waals surface area contributed by atoms with Gasteiger partial charge in [-0.25, -0.2) is 8.42 Å². The molecule has 0 aliphatic rings. The fourth-order valence-corrected chi connectivity index (χ4v) is 4.90. The van der Waals surface area contributed by atoms with Gasteiger partial charge in [-0.15, -0.1) is 0 Å². The van der Waals surface area contributed by atoms with Crippen molar-refractivity contribution in [1.82, 2.24) is 4.72 Å². The Balaban J connectivity index is 1.95. The third-order valence-electron chi connectivity index (χ3n) is 4.87. The molecule has 0 aliphatic carbocycles. The van der Waals surface area contributed by atoms with Gasteiger partial charge < -0.3 is 10.1 Å². The molecule has 0 heterocycles. The molecule has 3 rings (SSSR count). The van der Waals surface area contributed by atoms with Crippen LogP contribution in [0.3, 0.4) is 0 Å². The standard InChI is InChI=1S/C23H19Cl2F3N2O4S/c1-34-21-10-8-16(13-18(21)25)35(32,33)30-20(11-14-5-3-2-4-6-14)22(31)29-19-9-7-15(24)12-17(19)23(26,27)28/h2-10,12-13,20,30H,11H2,1H3,(H,29,31). The minimum absolute atomic E-state index is 0.0235. The van der Waals surface area contributed by atoms with E-state index in [0.29, 0.717) is 11.6 Å². The molecule has 35 heavy (non-hydrogen) atoms. The number of hydrogen-bond donors (Lipinski definition) is 2. The molecule has 6 nitrogen and oxygen atoms in total. The maximum Gasteiger partial charge on any atom is 0.418 e. The predicted octanol–water partition coefficient (Wildman–Crippen LogP) is 5.55. The quantitative estimate of drug-likeness (QED) is 0.388. The Morgan fingerprint density at radius 2 is 1.71 bits per heavy atom. The molecule has 1 unspecified atom stereocenters. The molecular formula is C23H19Cl2F3N2O4S. The Bertz CT molecular complexity index is 1320. The van der Waals surface area contributed by atoms with Gasteiger partial charge >= 0.3 is 6.18 Å². The van der Waals surface area contributed by atoms with E-state index in [4.69, 9.17) is 27.9 Å². The fraction of sp³-hybridized carbons (Fsp3) is 0.174. The third kappa shape index (κ3) is 6.88. The number of carbonyl (C=O) groups excluding carboxylic acids is 1. The highest BCUT2D eigenvalue weighted by molar-refractivity contribution is 7.89. The number of sulfonamides is 1. The zero-order valence-electron chi connectivity index (χ0n) is 18.1. The van der Waals surface area contributed by atoms with E-state index in [-0.39, 0.29) is 27.1 Å². The van der Waals surface area contributed by atoms with E-state index in [2.05, 4.69) is 10.0 Å². The second kappa shape index (κ2) is 10.9. The fourth-order valence-electron chi connectivity index (χ4n) is 3.19. The molecule has 1 amide bonds. The van der Waals surface area contributed by atoms with Gasteiger partial charge in [0.2, 0.25) is 15.9 Å². The van der Waals surface area contributed by atoms with Crippen LogP contribution in [0, 0.1) is 0 Å². The van der Waals surface area contributed by atoms with Gasteiger partial charge in [0, 0.05) is 5.02 Å². The van der Waals surface area contributed by atoms with Crippen molar-refractivity contribution in [2.24, 2.45) is 0 Å². The van der Waals surface area contributed by atoms with Crippen LogP contribution in [0.2, 0.25) is 10.0 Å². The number of methoxy groups -OCH3 is 1. The molecule has 0 saturated carbocycles. The van der Waals surface area contributed by atoms with Crippen molar-refractivity contribution < 1.29 is 31.1 Å². The number of benzene rings is 3. The average Bonchev–Trinajstić information content (AvgIpc) is 2.79. The Labute approximate surface area is 210 Å². The molecule has 0 aromatic heterocycles. The zero-order valence-corrected chi connectivity index (χ0v) is 20.4. The second-order valence-corrected chi connectivity index (χ2v) is 9.89. The third-order valence-corrected chi connectivity index (χ3v) is 6.87. The van der Waals surface area contributed by atoms with Crippen molar-refractivity contribution in [3.63, 3.8) is 0 Å². The smallest absolute Gasteiger partial charge is 0.418 e. The van der Waals surface area contributed by atoms with E-state index >= 15 is 0 Å². The Kier molecular flexibility index (Phi) is 8.32. The molecule has 0 saturated heterocycles. The average molecular weight is 547 g/mol. The van der Waals surface area contributed by atoms with Gasteiger partial charge in [0.05, 0.1) is 28.3 Å². The van der Waals surface area contributed by atoms with Crippen LogP contribution < -0.4 is 14.8 Å². The minimum Gasteiger partial charge on any atom is -0.495 e. The lowest BCUT2D eigenvalue weighted by molar-refractivity contribution is -0.137. The summed E-state index contributed by atoms with van der Waals surface area (Å²) in [5.74, 6) is -0.753. The van der Waals surface area contributed by atoms with Crippen LogP contribution in [0.4, 0.5) is 18.9 Å². The van der Waals surface area contributed by atoms with E-state index in [1.54, 1.807) is 30.3 Å². The zero-order chi connectivity index (χ0) is 25.8. The predicted molar refractivity (Wildman–Crippen MR) is 127 cm³/mol. The first-order valence-electron chi connectivity index (χ1n) is 9.98. The summed E-state index contributed by atoms with van der Waals surface area (Å²) < 4.78 is 73.8. The first-order valence-corrected chi connectivity index (χ1v) is 12.2. The highest BCUT2D eigenvalue weighted by atomic mass is 35.5. The lowest BCUT2D eigenvalue weighted by Crippen LogP contribution is -2.45. The molecule has 3 aromatic rings. The van der Waals surface area contributed by atoms with Crippen LogP contribution in [0.25, 0.3) is 0 Å². The highest BCUT2D eigenvalue weighted by Crippen LogP contribution is 2.36. The Hall–Kier alpha value is -2.79. The van der Waals surface area contributed by atoms with Crippen molar-refractivity contribution in [3.8, 4) is 5.75 Å². The number of carbonyl (C=O) groups is 1. The lowest BCUT2D eigenvalue weighted by Gasteiger charge is -2.21. The van der Waals surface area contributed by atoms with Crippen molar-refractivity contribution in [2.45, 2.75) is 23.5 Å². The molecule has 0 radical (unpaired) electrons. The molecule has 1 atom stereocenters. The largest absolute Gasteiger partial charge is 0.495 e. The van der Waals surface area contributed by atoms with Crippen LogP contribution in [-0.4, -0.2) is 27.5 Å². The summed E-state index contributed by atoms with van der Waals surface area (Å²) in [6, 6.07) is 13.5. The van der Waals surface area contributed by atoms with E-state index in [9.17, 15) is 26.4 Å². The number of rotatable bonds is 8. The summed E-state index contributed by atoms with van der Waals surface area (Å²) in [6.07, 6.45) is -4.94. The first kappa shape index (κ1) is 26.8. The maximum absolute atomic E-state index is 13.5. The Morgan fingerprint density at radius 1 is 1.03 bits per heavy atom. The lowest BCUT2D eigenvalue weighted by atomic mass is 10.1. The van der Waals surface area contributed by atoms with Crippen molar-refractivity contribution in [3.05, 3.63) is 87.9 Å². The number of nitrogens with one attached hydrogen (secondary N) is 2. The Morgan fingerprint density at radius 3 is 2.31 bits per heavy atom. The van der Waals surface area contributed by atoms with Crippen LogP contribution in [0.5, 0.6) is 5.75 Å². The number of ether oxygens (including phenoxy) is 1. The van der Waals surface area contributed by atoms with Crippen LogP contribution in [-0.2, 0) is 27.4 Å². The molecule has 3 aromatic carbocycles. The van der Waals surface area contributed by atoms with Gasteiger partial charge in [0.15, 0.2) is 0 Å². The van der Waals surface area contributed by atoms with Gasteiger partial charge in [0.1, 0.15) is 11.8 Å². The van der Waals surface area contributed by atoms with Crippen LogP contribution in [0.15, 0.2) is 71.6 Å². The molecule has 0 fully saturated rings. The maximum atomic E-state index is 13.5. The number of hydrogen-bond acceptors (Lipinski definition) is 4. The van der Waals surface area contributed by atoms with E-state index in [1.165, 1.54) is 25.3 Å². The summed E-state index contributed by atoms with van der Waals surface area (Å²) in [4.78, 5) is 12.8. The van der Waals surface area contributed by atoms with E-state index in [0.717, 1.165) is 12.1 Å². The SMILES string of the molecule is COc1ccc(S(=O)(=O)NC(Cc2ccccc2)C(=O)Nc2ccc(Cl)cc2C(F)(F)F)cc1Cl. The molecule has 0 bridgehead atoms.